The molecule has 0 bridgehead atoms. The third-order valence-electron chi connectivity index (χ3n) is 7.23. The van der Waals surface area contributed by atoms with E-state index in [1.165, 1.54) is 6.92 Å². The molecule has 3 amide bonds. The van der Waals surface area contributed by atoms with Crippen LogP contribution in [0.3, 0.4) is 0 Å². The maximum Gasteiger partial charge on any atom is 0.247 e. The molecule has 154 valence electrons. The molecule has 0 spiro atoms. The number of para-hydroxylation sites is 1. The molecule has 0 radical (unpaired) electrons. The predicted molar refractivity (Wildman–Crippen MR) is 111 cm³/mol. The van der Waals surface area contributed by atoms with Crippen molar-refractivity contribution in [1.29, 1.82) is 0 Å². The van der Waals surface area contributed by atoms with E-state index in [2.05, 4.69) is 25.7 Å². The van der Waals surface area contributed by atoms with Crippen LogP contribution < -0.4 is 10.2 Å². The molecule has 3 aliphatic rings. The molecule has 2 saturated heterocycles. The van der Waals surface area contributed by atoms with E-state index in [0.717, 1.165) is 11.3 Å². The monoisotopic (exact) mass is 395 g/mol. The zero-order valence-electron chi connectivity index (χ0n) is 17.7. The molecule has 29 heavy (non-hydrogen) atoms. The van der Waals surface area contributed by atoms with Gasteiger partial charge in [0, 0.05) is 18.0 Å². The number of hydrogen-bond donors (Lipinski definition) is 1. The number of allylic oxidation sites excluding steroid dienone is 1. The molecule has 0 saturated carbocycles. The normalized spacial score (nSPS) is 30.8. The summed E-state index contributed by atoms with van der Waals surface area (Å²) in [6.45, 7) is 13.6. The summed E-state index contributed by atoms with van der Waals surface area (Å²) in [5.41, 5.74) is 0.753. The Morgan fingerprint density at radius 1 is 1.31 bits per heavy atom. The summed E-state index contributed by atoms with van der Waals surface area (Å²) in [5, 5.41) is 2.92. The van der Waals surface area contributed by atoms with Gasteiger partial charge in [0.1, 0.15) is 18.2 Å². The number of fused-ring (bicyclic) bond motifs is 5. The lowest BCUT2D eigenvalue weighted by Crippen LogP contribution is -2.67. The highest BCUT2D eigenvalue weighted by Crippen LogP contribution is 2.62. The minimum absolute atomic E-state index is 0.0376. The third-order valence-corrected chi connectivity index (χ3v) is 7.23. The average Bonchev–Trinajstić information content (AvgIpc) is 3.16. The number of carbonyl (C=O) groups excluding carboxylic acids is 3. The predicted octanol–water partition coefficient (Wildman–Crippen LogP) is 2.58. The number of hydrogen-bond acceptors (Lipinski definition) is 3. The number of nitrogens with one attached hydrogen (secondary N) is 1. The Labute approximate surface area is 171 Å². The molecule has 0 aromatic heterocycles. The van der Waals surface area contributed by atoms with Crippen LogP contribution in [-0.2, 0) is 19.8 Å². The minimum Gasteiger partial charge on any atom is -0.342 e. The number of anilines is 1. The largest absolute Gasteiger partial charge is 0.342 e. The van der Waals surface area contributed by atoms with Crippen molar-refractivity contribution in [3.63, 3.8) is 0 Å². The first-order chi connectivity index (χ1) is 13.6. The first kappa shape index (κ1) is 19.7. The summed E-state index contributed by atoms with van der Waals surface area (Å²) in [7, 11) is 0. The molecule has 2 fully saturated rings. The van der Waals surface area contributed by atoms with Gasteiger partial charge in [0.05, 0.1) is 0 Å². The van der Waals surface area contributed by atoms with Crippen molar-refractivity contribution in [1.82, 2.24) is 10.2 Å². The summed E-state index contributed by atoms with van der Waals surface area (Å²) < 4.78 is 0. The fourth-order valence-corrected chi connectivity index (χ4v) is 5.59. The van der Waals surface area contributed by atoms with Crippen LogP contribution in [0.5, 0.6) is 0 Å². The maximum absolute atomic E-state index is 13.6. The molecule has 6 heteroatoms. The molecule has 0 aliphatic carbocycles. The van der Waals surface area contributed by atoms with E-state index in [-0.39, 0.29) is 23.6 Å². The smallest absolute Gasteiger partial charge is 0.247 e. The topological polar surface area (TPSA) is 69.7 Å². The van der Waals surface area contributed by atoms with Crippen molar-refractivity contribution in [2.75, 3.05) is 4.90 Å². The van der Waals surface area contributed by atoms with E-state index in [1.54, 1.807) is 9.80 Å². The highest BCUT2D eigenvalue weighted by atomic mass is 16.2. The Morgan fingerprint density at radius 3 is 2.55 bits per heavy atom. The van der Waals surface area contributed by atoms with Crippen LogP contribution in [0.2, 0.25) is 0 Å². The Morgan fingerprint density at radius 2 is 1.97 bits per heavy atom. The lowest BCUT2D eigenvalue weighted by atomic mass is 9.60. The highest BCUT2D eigenvalue weighted by Gasteiger charge is 2.69. The third kappa shape index (κ3) is 2.31. The van der Waals surface area contributed by atoms with Gasteiger partial charge in [-0.2, -0.15) is 0 Å². The second-order valence-corrected chi connectivity index (χ2v) is 9.37. The number of piperazine rings is 1. The lowest BCUT2D eigenvalue weighted by Gasteiger charge is -2.46. The molecule has 1 N–H and O–H groups in total. The van der Waals surface area contributed by atoms with E-state index < -0.39 is 29.1 Å². The highest BCUT2D eigenvalue weighted by molar-refractivity contribution is 6.02. The average molecular weight is 396 g/mol. The number of benzene rings is 1. The van der Waals surface area contributed by atoms with E-state index in [1.807, 2.05) is 44.2 Å². The second-order valence-electron chi connectivity index (χ2n) is 9.37. The molecule has 0 unspecified atom stereocenters. The summed E-state index contributed by atoms with van der Waals surface area (Å²) in [5.74, 6) is -0.428. The molecule has 3 heterocycles. The van der Waals surface area contributed by atoms with Gasteiger partial charge >= 0.3 is 0 Å². The van der Waals surface area contributed by atoms with E-state index in [4.69, 9.17) is 0 Å². The summed E-state index contributed by atoms with van der Waals surface area (Å²) >= 11 is 0. The van der Waals surface area contributed by atoms with Crippen LogP contribution in [0, 0.1) is 11.3 Å². The first-order valence-electron chi connectivity index (χ1n) is 10.2. The molecule has 4 atom stereocenters. The van der Waals surface area contributed by atoms with E-state index in [0.29, 0.717) is 6.42 Å². The van der Waals surface area contributed by atoms with Crippen molar-refractivity contribution in [2.24, 2.45) is 11.3 Å². The number of carbonyl (C=O) groups is 3. The number of nitrogens with zero attached hydrogens (tertiary/aromatic N) is 2. The Balaban J connectivity index is 2.00. The van der Waals surface area contributed by atoms with Crippen LogP contribution in [-0.4, -0.2) is 40.9 Å². The molecule has 3 aliphatic heterocycles. The van der Waals surface area contributed by atoms with Crippen LogP contribution >= 0.6 is 0 Å². The number of amides is 3. The van der Waals surface area contributed by atoms with Crippen molar-refractivity contribution >= 4 is 23.4 Å². The zero-order valence-corrected chi connectivity index (χ0v) is 17.7. The minimum atomic E-state index is -0.611. The van der Waals surface area contributed by atoms with Crippen molar-refractivity contribution in [3.8, 4) is 0 Å². The van der Waals surface area contributed by atoms with Crippen molar-refractivity contribution in [3.05, 3.63) is 42.5 Å². The van der Waals surface area contributed by atoms with Gasteiger partial charge in [-0.25, -0.2) is 0 Å². The second kappa shape index (κ2) is 6.18. The fourth-order valence-electron chi connectivity index (χ4n) is 5.59. The van der Waals surface area contributed by atoms with Gasteiger partial charge in [-0.15, -0.1) is 6.58 Å². The van der Waals surface area contributed by atoms with Gasteiger partial charge in [0.25, 0.3) is 0 Å². The van der Waals surface area contributed by atoms with Gasteiger partial charge in [-0.1, -0.05) is 52.0 Å². The Bertz CT molecular complexity index is 922. The molecule has 6 nitrogen and oxygen atoms in total. The van der Waals surface area contributed by atoms with Gasteiger partial charge < -0.3 is 10.2 Å². The van der Waals surface area contributed by atoms with Crippen LogP contribution in [0.15, 0.2) is 36.9 Å². The number of rotatable bonds is 3. The fraction of sp³-hybridized carbons (Fsp3) is 0.522. The summed E-state index contributed by atoms with van der Waals surface area (Å²) in [4.78, 5) is 42.9. The maximum atomic E-state index is 13.6. The quantitative estimate of drug-likeness (QED) is 0.800. The Hall–Kier alpha value is -2.63. The zero-order chi connectivity index (χ0) is 21.3. The molecule has 1 aromatic rings. The van der Waals surface area contributed by atoms with Gasteiger partial charge in [-0.3, -0.25) is 19.3 Å². The molecule has 4 rings (SSSR count). The van der Waals surface area contributed by atoms with Gasteiger partial charge in [0.2, 0.25) is 17.7 Å². The van der Waals surface area contributed by atoms with Gasteiger partial charge in [-0.05, 0) is 29.4 Å². The summed E-state index contributed by atoms with van der Waals surface area (Å²) in [6, 6.07) is 6.63. The van der Waals surface area contributed by atoms with Crippen LogP contribution in [0.1, 0.15) is 46.6 Å². The standard InChI is InChI=1S/C23H29N3O3/c1-7-22(5,6)23-12-17-19(28)24-18(13(2)3)20(29)26(17)21(23)25(14(4)27)16-11-9-8-10-15(16)23/h7-11,13,17-18,21H,1,12H2,2-6H3,(H,24,28)/t17-,18-,21-,23+/m0/s1. The van der Waals surface area contributed by atoms with E-state index in [9.17, 15) is 14.4 Å². The van der Waals surface area contributed by atoms with Crippen LogP contribution in [0.25, 0.3) is 0 Å². The molecular formula is C23H29N3O3. The lowest BCUT2D eigenvalue weighted by molar-refractivity contribution is -0.151. The van der Waals surface area contributed by atoms with Gasteiger partial charge in [0.15, 0.2) is 0 Å². The van der Waals surface area contributed by atoms with Crippen molar-refractivity contribution < 1.29 is 14.4 Å². The summed E-state index contributed by atoms with van der Waals surface area (Å²) in [6.07, 6.45) is 1.80. The molecule has 1 aromatic carbocycles. The molecular weight excluding hydrogens is 366 g/mol. The van der Waals surface area contributed by atoms with Crippen LogP contribution in [0.4, 0.5) is 5.69 Å². The Kier molecular flexibility index (Phi) is 4.19. The van der Waals surface area contributed by atoms with Crippen molar-refractivity contribution in [2.45, 2.75) is 64.7 Å². The first-order valence-corrected chi connectivity index (χ1v) is 10.2. The SMILES string of the molecule is C=CC(C)(C)[C@@]12C[C@H]3C(=O)N[C@@H](C(C)C)C(=O)N3[C@@H]1N(C(C)=O)c1ccccc12. The van der Waals surface area contributed by atoms with E-state index >= 15 is 0 Å².